The number of nitrogens with zero attached hydrogens (tertiary/aromatic N) is 1. The third kappa shape index (κ3) is 4.56. The van der Waals surface area contributed by atoms with E-state index in [9.17, 15) is 4.79 Å². The maximum Gasteiger partial charge on any atom is 0.253 e. The van der Waals surface area contributed by atoms with Gasteiger partial charge in [0, 0.05) is 18.3 Å². The zero-order chi connectivity index (χ0) is 14.4. The van der Waals surface area contributed by atoms with Crippen LogP contribution in [0.15, 0.2) is 18.2 Å². The fourth-order valence-electron chi connectivity index (χ4n) is 1.76. The summed E-state index contributed by atoms with van der Waals surface area (Å²) in [6.07, 6.45) is 0.937. The average molecular weight is 263 g/mol. The van der Waals surface area contributed by atoms with Crippen LogP contribution in [0.2, 0.25) is 0 Å². The molecular formula is C15H25N3O. The summed E-state index contributed by atoms with van der Waals surface area (Å²) in [5, 5.41) is 2.92. The van der Waals surface area contributed by atoms with Gasteiger partial charge in [-0.3, -0.25) is 4.79 Å². The van der Waals surface area contributed by atoms with Gasteiger partial charge in [-0.15, -0.1) is 0 Å². The van der Waals surface area contributed by atoms with Gasteiger partial charge in [-0.1, -0.05) is 12.1 Å². The van der Waals surface area contributed by atoms with Crippen LogP contribution in [0.3, 0.4) is 0 Å². The van der Waals surface area contributed by atoms with E-state index in [2.05, 4.69) is 31.1 Å². The Morgan fingerprint density at radius 2 is 2.11 bits per heavy atom. The number of benzene rings is 1. The topological polar surface area (TPSA) is 58.4 Å². The third-order valence-corrected chi connectivity index (χ3v) is 3.42. The van der Waals surface area contributed by atoms with Crippen molar-refractivity contribution in [2.24, 2.45) is 0 Å². The van der Waals surface area contributed by atoms with Crippen molar-refractivity contribution in [1.82, 2.24) is 10.2 Å². The molecule has 1 aromatic carbocycles. The van der Waals surface area contributed by atoms with Crippen molar-refractivity contribution < 1.29 is 4.79 Å². The van der Waals surface area contributed by atoms with Gasteiger partial charge < -0.3 is 16.0 Å². The summed E-state index contributed by atoms with van der Waals surface area (Å²) in [5.74, 6) is -0.0894. The van der Waals surface area contributed by atoms with Crippen molar-refractivity contribution in [2.45, 2.75) is 33.2 Å². The van der Waals surface area contributed by atoms with E-state index >= 15 is 0 Å². The number of carbonyl (C=O) groups is 1. The van der Waals surface area contributed by atoms with Crippen molar-refractivity contribution in [1.29, 1.82) is 0 Å². The second kappa shape index (κ2) is 7.14. The van der Waals surface area contributed by atoms with Crippen LogP contribution in [0.4, 0.5) is 5.69 Å². The Labute approximate surface area is 116 Å². The first kappa shape index (κ1) is 15.5. The fraction of sp³-hybridized carbons (Fsp3) is 0.533. The van der Waals surface area contributed by atoms with Crippen LogP contribution >= 0.6 is 0 Å². The predicted octanol–water partition coefficient (Wildman–Crippen LogP) is 2.04. The average Bonchev–Trinajstić information content (AvgIpc) is 2.37. The highest BCUT2D eigenvalue weighted by atomic mass is 16.1. The molecule has 1 amide bonds. The summed E-state index contributed by atoms with van der Waals surface area (Å²) >= 11 is 0. The molecule has 0 saturated carbocycles. The highest BCUT2D eigenvalue weighted by Crippen LogP contribution is 2.15. The van der Waals surface area contributed by atoms with Crippen molar-refractivity contribution in [3.63, 3.8) is 0 Å². The van der Waals surface area contributed by atoms with Gasteiger partial charge in [0.25, 0.3) is 5.91 Å². The van der Waals surface area contributed by atoms with Gasteiger partial charge in [-0.05, 0) is 52.4 Å². The van der Waals surface area contributed by atoms with Crippen LogP contribution in [0.25, 0.3) is 0 Å². The molecule has 0 atom stereocenters. The number of para-hydroxylation sites is 1. The molecule has 0 unspecified atom stereocenters. The lowest BCUT2D eigenvalue weighted by molar-refractivity contribution is 0.0952. The minimum atomic E-state index is -0.0894. The van der Waals surface area contributed by atoms with E-state index in [4.69, 9.17) is 5.73 Å². The summed E-state index contributed by atoms with van der Waals surface area (Å²) < 4.78 is 0. The molecule has 0 bridgehead atoms. The number of anilines is 1. The molecule has 1 rings (SSSR count). The van der Waals surface area contributed by atoms with E-state index in [1.54, 1.807) is 6.07 Å². The lowest BCUT2D eigenvalue weighted by atomic mass is 10.1. The molecule has 19 heavy (non-hydrogen) atoms. The molecule has 1 aromatic rings. The molecule has 4 nitrogen and oxygen atoms in total. The van der Waals surface area contributed by atoms with E-state index in [1.807, 2.05) is 19.1 Å². The highest BCUT2D eigenvalue weighted by molar-refractivity contribution is 5.99. The standard InChI is InChI=1S/C15H25N3O/c1-11(2)18(4)10-6-9-17-15(19)13-8-5-7-12(3)14(13)16/h5,7-8,11H,6,9-10,16H2,1-4H3,(H,17,19). The molecule has 0 fully saturated rings. The first-order valence-electron chi connectivity index (χ1n) is 6.77. The molecule has 0 heterocycles. The lowest BCUT2D eigenvalue weighted by Gasteiger charge is -2.20. The lowest BCUT2D eigenvalue weighted by Crippen LogP contribution is -2.31. The Hall–Kier alpha value is -1.55. The molecule has 0 spiro atoms. The number of nitrogens with two attached hydrogens (primary N) is 1. The predicted molar refractivity (Wildman–Crippen MR) is 80.3 cm³/mol. The van der Waals surface area contributed by atoms with Gasteiger partial charge in [0.05, 0.1) is 5.56 Å². The van der Waals surface area contributed by atoms with E-state index in [-0.39, 0.29) is 5.91 Å². The highest BCUT2D eigenvalue weighted by Gasteiger charge is 2.10. The van der Waals surface area contributed by atoms with Crippen molar-refractivity contribution >= 4 is 11.6 Å². The van der Waals surface area contributed by atoms with Gasteiger partial charge in [-0.25, -0.2) is 0 Å². The van der Waals surface area contributed by atoms with Crippen LogP contribution in [0, 0.1) is 6.92 Å². The summed E-state index contributed by atoms with van der Waals surface area (Å²) in [4.78, 5) is 14.2. The zero-order valence-corrected chi connectivity index (χ0v) is 12.4. The van der Waals surface area contributed by atoms with Crippen LogP contribution in [-0.4, -0.2) is 37.0 Å². The molecular weight excluding hydrogens is 238 g/mol. The summed E-state index contributed by atoms with van der Waals surface area (Å²) in [6.45, 7) is 7.87. The molecule has 0 radical (unpaired) electrons. The van der Waals surface area contributed by atoms with E-state index in [0.29, 0.717) is 23.8 Å². The normalized spacial score (nSPS) is 11.1. The second-order valence-corrected chi connectivity index (χ2v) is 5.22. The largest absolute Gasteiger partial charge is 0.398 e. The minimum absolute atomic E-state index is 0.0894. The Kier molecular flexibility index (Phi) is 5.83. The van der Waals surface area contributed by atoms with Crippen LogP contribution in [0.5, 0.6) is 0 Å². The van der Waals surface area contributed by atoms with E-state index in [1.165, 1.54) is 0 Å². The molecule has 0 aromatic heterocycles. The van der Waals surface area contributed by atoms with Gasteiger partial charge in [0.1, 0.15) is 0 Å². The Bertz CT molecular complexity index is 429. The van der Waals surface area contributed by atoms with Crippen LogP contribution < -0.4 is 11.1 Å². The number of aryl methyl sites for hydroxylation is 1. The number of hydrogen-bond acceptors (Lipinski definition) is 3. The van der Waals surface area contributed by atoms with Gasteiger partial charge in [0.2, 0.25) is 0 Å². The zero-order valence-electron chi connectivity index (χ0n) is 12.4. The summed E-state index contributed by atoms with van der Waals surface area (Å²) in [6, 6.07) is 6.05. The van der Waals surface area contributed by atoms with Crippen molar-refractivity contribution in [2.75, 3.05) is 25.9 Å². The smallest absolute Gasteiger partial charge is 0.253 e. The summed E-state index contributed by atoms with van der Waals surface area (Å²) in [7, 11) is 2.09. The maximum absolute atomic E-state index is 12.0. The van der Waals surface area contributed by atoms with Gasteiger partial charge in [0.15, 0.2) is 0 Å². The second-order valence-electron chi connectivity index (χ2n) is 5.22. The summed E-state index contributed by atoms with van der Waals surface area (Å²) in [5.41, 5.74) is 7.98. The molecule has 0 saturated heterocycles. The molecule has 0 aliphatic heterocycles. The number of amides is 1. The minimum Gasteiger partial charge on any atom is -0.398 e. The van der Waals surface area contributed by atoms with Crippen molar-refractivity contribution in [3.8, 4) is 0 Å². The molecule has 106 valence electrons. The number of nitrogen functional groups attached to an aromatic ring is 1. The molecule has 3 N–H and O–H groups in total. The number of nitrogens with one attached hydrogen (secondary N) is 1. The molecule has 0 aliphatic rings. The van der Waals surface area contributed by atoms with E-state index in [0.717, 1.165) is 18.5 Å². The fourth-order valence-corrected chi connectivity index (χ4v) is 1.76. The first-order valence-corrected chi connectivity index (χ1v) is 6.77. The maximum atomic E-state index is 12.0. The molecule has 0 aliphatic carbocycles. The number of rotatable bonds is 6. The Morgan fingerprint density at radius 1 is 1.42 bits per heavy atom. The number of carbonyl (C=O) groups excluding carboxylic acids is 1. The van der Waals surface area contributed by atoms with E-state index < -0.39 is 0 Å². The quantitative estimate of drug-likeness (QED) is 0.610. The van der Waals surface area contributed by atoms with Crippen LogP contribution in [0.1, 0.15) is 36.2 Å². The van der Waals surface area contributed by atoms with Crippen molar-refractivity contribution in [3.05, 3.63) is 29.3 Å². The van der Waals surface area contributed by atoms with Crippen LogP contribution in [-0.2, 0) is 0 Å². The first-order chi connectivity index (χ1) is 8.93. The Balaban J connectivity index is 2.42. The monoisotopic (exact) mass is 263 g/mol. The van der Waals surface area contributed by atoms with Gasteiger partial charge in [-0.2, -0.15) is 0 Å². The number of hydrogen-bond donors (Lipinski definition) is 2. The Morgan fingerprint density at radius 3 is 2.74 bits per heavy atom. The van der Waals surface area contributed by atoms with Gasteiger partial charge >= 0.3 is 0 Å². The SMILES string of the molecule is Cc1cccc(C(=O)NCCCN(C)C(C)C)c1N. The molecule has 4 heteroatoms. The third-order valence-electron chi connectivity index (χ3n) is 3.42.